The van der Waals surface area contributed by atoms with Crippen molar-refractivity contribution >= 4 is 0 Å². The Hall–Kier alpha value is -0.0800. The minimum atomic E-state index is 0.556. The summed E-state index contributed by atoms with van der Waals surface area (Å²) >= 11 is 0. The highest BCUT2D eigenvalue weighted by molar-refractivity contribution is 4.90. The Morgan fingerprint density at radius 2 is 1.75 bits per heavy atom. The smallest absolute Gasteiger partial charge is 0.0118 e. The molecule has 0 aromatic rings. The second kappa shape index (κ2) is 7.79. The van der Waals surface area contributed by atoms with E-state index in [1.54, 1.807) is 0 Å². The van der Waals surface area contributed by atoms with E-state index in [9.17, 15) is 0 Å². The van der Waals surface area contributed by atoms with Crippen molar-refractivity contribution in [1.82, 2.24) is 10.2 Å². The van der Waals surface area contributed by atoms with Crippen molar-refractivity contribution < 1.29 is 0 Å². The Kier molecular flexibility index (Phi) is 6.35. The molecule has 2 nitrogen and oxygen atoms in total. The van der Waals surface area contributed by atoms with E-state index in [0.29, 0.717) is 5.41 Å². The molecule has 2 heteroatoms. The third-order valence-corrected chi connectivity index (χ3v) is 5.88. The minimum absolute atomic E-state index is 0.556. The monoisotopic (exact) mass is 280 g/mol. The lowest BCUT2D eigenvalue weighted by atomic mass is 9.72. The number of rotatable bonds is 6. The molecule has 0 amide bonds. The molecule has 0 aliphatic heterocycles. The van der Waals surface area contributed by atoms with Crippen molar-refractivity contribution in [2.24, 2.45) is 11.3 Å². The van der Waals surface area contributed by atoms with Gasteiger partial charge in [-0.1, -0.05) is 46.0 Å². The van der Waals surface area contributed by atoms with Gasteiger partial charge in [-0.05, 0) is 50.6 Å². The molecule has 2 saturated carbocycles. The molecule has 0 spiro atoms. The molecule has 0 saturated heterocycles. The van der Waals surface area contributed by atoms with E-state index < -0.39 is 0 Å². The summed E-state index contributed by atoms with van der Waals surface area (Å²) < 4.78 is 0. The second-order valence-corrected chi connectivity index (χ2v) is 7.59. The number of hydrogen-bond acceptors (Lipinski definition) is 2. The van der Waals surface area contributed by atoms with Crippen LogP contribution in [0, 0.1) is 11.3 Å². The summed E-state index contributed by atoms with van der Waals surface area (Å²) in [6.45, 7) is 8.37. The van der Waals surface area contributed by atoms with Gasteiger partial charge in [0.1, 0.15) is 0 Å². The Morgan fingerprint density at radius 1 is 1.05 bits per heavy atom. The second-order valence-electron chi connectivity index (χ2n) is 7.59. The van der Waals surface area contributed by atoms with Crippen LogP contribution in [0.1, 0.15) is 71.6 Å². The maximum absolute atomic E-state index is 3.65. The molecule has 2 unspecified atom stereocenters. The van der Waals surface area contributed by atoms with Crippen molar-refractivity contribution in [3.63, 3.8) is 0 Å². The molecule has 0 aromatic carbocycles. The van der Waals surface area contributed by atoms with E-state index >= 15 is 0 Å². The Labute approximate surface area is 126 Å². The van der Waals surface area contributed by atoms with Crippen LogP contribution in [0.2, 0.25) is 0 Å². The average Bonchev–Trinajstić information content (AvgIpc) is 2.46. The van der Waals surface area contributed by atoms with E-state index in [2.05, 4.69) is 31.1 Å². The summed E-state index contributed by atoms with van der Waals surface area (Å²) in [7, 11) is 2.40. The zero-order valence-electron chi connectivity index (χ0n) is 14.1. The summed E-state index contributed by atoms with van der Waals surface area (Å²) in [5.74, 6) is 0.897. The van der Waals surface area contributed by atoms with Gasteiger partial charge in [0.2, 0.25) is 0 Å². The maximum atomic E-state index is 3.65. The average molecular weight is 280 g/mol. The lowest BCUT2D eigenvalue weighted by Crippen LogP contribution is -2.49. The van der Waals surface area contributed by atoms with Gasteiger partial charge in [0.15, 0.2) is 0 Å². The van der Waals surface area contributed by atoms with Crippen LogP contribution in [0.15, 0.2) is 0 Å². The molecule has 0 aromatic heterocycles. The highest BCUT2D eigenvalue weighted by Crippen LogP contribution is 2.38. The summed E-state index contributed by atoms with van der Waals surface area (Å²) in [6, 6.07) is 0.837. The highest BCUT2D eigenvalue weighted by atomic mass is 15.1. The van der Waals surface area contributed by atoms with Crippen LogP contribution in [-0.4, -0.2) is 37.6 Å². The van der Waals surface area contributed by atoms with Gasteiger partial charge in [0, 0.05) is 19.1 Å². The number of hydrogen-bond donors (Lipinski definition) is 1. The molecule has 20 heavy (non-hydrogen) atoms. The molecule has 2 aliphatic carbocycles. The van der Waals surface area contributed by atoms with Crippen molar-refractivity contribution in [1.29, 1.82) is 0 Å². The fourth-order valence-corrected chi connectivity index (χ4v) is 4.68. The first-order valence-electron chi connectivity index (χ1n) is 9.08. The van der Waals surface area contributed by atoms with Crippen LogP contribution in [0.25, 0.3) is 0 Å². The molecule has 0 radical (unpaired) electrons. The Morgan fingerprint density at radius 3 is 2.40 bits per heavy atom. The predicted molar refractivity (Wildman–Crippen MR) is 88.1 cm³/mol. The Balaban J connectivity index is 1.95. The Bertz CT molecular complexity index is 271. The van der Waals surface area contributed by atoms with Gasteiger partial charge in [-0.15, -0.1) is 0 Å². The first kappa shape index (κ1) is 16.3. The molecule has 2 rings (SSSR count). The third-order valence-electron chi connectivity index (χ3n) is 5.88. The first-order chi connectivity index (χ1) is 9.67. The molecule has 1 N–H and O–H groups in total. The lowest BCUT2D eigenvalue weighted by Gasteiger charge is -2.45. The third kappa shape index (κ3) is 4.21. The minimum Gasteiger partial charge on any atom is -0.316 e. The maximum Gasteiger partial charge on any atom is 0.0118 e. The van der Waals surface area contributed by atoms with Crippen molar-refractivity contribution in [2.45, 2.75) is 77.7 Å². The largest absolute Gasteiger partial charge is 0.316 e. The van der Waals surface area contributed by atoms with Gasteiger partial charge in [-0.25, -0.2) is 0 Å². The summed E-state index contributed by atoms with van der Waals surface area (Å²) in [6.07, 6.45) is 13.0. The first-order valence-corrected chi connectivity index (χ1v) is 9.08. The van der Waals surface area contributed by atoms with E-state index in [-0.39, 0.29) is 0 Å². The van der Waals surface area contributed by atoms with Crippen LogP contribution in [0.5, 0.6) is 0 Å². The van der Waals surface area contributed by atoms with E-state index in [1.165, 1.54) is 70.9 Å². The number of nitrogens with zero attached hydrogens (tertiary/aromatic N) is 1. The van der Waals surface area contributed by atoms with Gasteiger partial charge in [0.05, 0.1) is 0 Å². The summed E-state index contributed by atoms with van der Waals surface area (Å²) in [4.78, 5) is 2.73. The fraction of sp³-hybridized carbons (Fsp3) is 1.00. The van der Waals surface area contributed by atoms with Gasteiger partial charge >= 0.3 is 0 Å². The van der Waals surface area contributed by atoms with Crippen LogP contribution in [0.4, 0.5) is 0 Å². The normalized spacial score (nSPS) is 30.6. The lowest BCUT2D eigenvalue weighted by molar-refractivity contribution is 0.0600. The molecular weight excluding hydrogens is 244 g/mol. The summed E-state index contributed by atoms with van der Waals surface area (Å²) in [5, 5.41) is 3.65. The van der Waals surface area contributed by atoms with Gasteiger partial charge in [-0.2, -0.15) is 0 Å². The fourth-order valence-electron chi connectivity index (χ4n) is 4.68. The van der Waals surface area contributed by atoms with Gasteiger partial charge < -0.3 is 10.2 Å². The van der Waals surface area contributed by atoms with E-state index in [4.69, 9.17) is 0 Å². The highest BCUT2D eigenvalue weighted by Gasteiger charge is 2.35. The van der Waals surface area contributed by atoms with E-state index in [0.717, 1.165) is 18.5 Å². The van der Waals surface area contributed by atoms with Gasteiger partial charge in [-0.3, -0.25) is 0 Å². The van der Waals surface area contributed by atoms with Crippen LogP contribution >= 0.6 is 0 Å². The molecule has 2 atom stereocenters. The van der Waals surface area contributed by atoms with Crippen LogP contribution in [0.3, 0.4) is 0 Å². The SMILES string of the molecule is CCNCC1(CN(C)C2CCCCC2C)CCCCC1. The molecule has 0 bridgehead atoms. The zero-order valence-corrected chi connectivity index (χ0v) is 14.1. The molecule has 0 heterocycles. The zero-order chi connectivity index (χ0) is 14.4. The van der Waals surface area contributed by atoms with Crippen LogP contribution in [-0.2, 0) is 0 Å². The molecule has 2 aliphatic rings. The van der Waals surface area contributed by atoms with Gasteiger partial charge in [0.25, 0.3) is 0 Å². The number of nitrogens with one attached hydrogen (secondary N) is 1. The van der Waals surface area contributed by atoms with Crippen molar-refractivity contribution in [3.8, 4) is 0 Å². The molecular formula is C18H36N2. The van der Waals surface area contributed by atoms with Crippen molar-refractivity contribution in [3.05, 3.63) is 0 Å². The van der Waals surface area contributed by atoms with Crippen molar-refractivity contribution in [2.75, 3.05) is 26.7 Å². The van der Waals surface area contributed by atoms with Crippen LogP contribution < -0.4 is 5.32 Å². The summed E-state index contributed by atoms with van der Waals surface area (Å²) in [5.41, 5.74) is 0.556. The quantitative estimate of drug-likeness (QED) is 0.789. The predicted octanol–water partition coefficient (Wildman–Crippen LogP) is 4.06. The molecule has 118 valence electrons. The van der Waals surface area contributed by atoms with E-state index in [1.807, 2.05) is 0 Å². The molecule has 2 fully saturated rings. The topological polar surface area (TPSA) is 15.3 Å². The standard InChI is InChI=1S/C18H36N2/c1-4-19-14-18(12-8-5-9-13-18)15-20(3)17-11-7-6-10-16(17)2/h16-17,19H,4-15H2,1-3H3.